The zero-order valence-electron chi connectivity index (χ0n) is 17.3. The third-order valence-electron chi connectivity index (χ3n) is 4.49. The maximum absolute atomic E-state index is 12.4. The Labute approximate surface area is 156 Å². The topological polar surface area (TPSA) is 47.9 Å². The Hall–Kier alpha value is -1.14. The van der Waals surface area contributed by atoms with Gasteiger partial charge in [0.2, 0.25) is 0 Å². The first-order valence-electron chi connectivity index (χ1n) is 8.54. The lowest BCUT2D eigenvalue weighted by Gasteiger charge is -2.37. The Balaban J connectivity index is 3.38. The second kappa shape index (κ2) is 7.62. The van der Waals surface area contributed by atoms with Crippen LogP contribution in [0.5, 0.6) is 11.5 Å². The molecular weight excluding hydrogens is 350 g/mol. The van der Waals surface area contributed by atoms with Gasteiger partial charge in [-0.05, 0) is 58.0 Å². The molecule has 0 spiro atoms. The minimum Gasteiger partial charge on any atom is -0.543 e. The van der Waals surface area contributed by atoms with E-state index in [1.807, 2.05) is 45.9 Å². The summed E-state index contributed by atoms with van der Waals surface area (Å²) in [7, 11) is -1.69. The normalized spacial score (nSPS) is 15.0. The van der Waals surface area contributed by atoms with Crippen molar-refractivity contribution in [2.75, 3.05) is 7.11 Å². The molecule has 0 bridgehead atoms. The highest BCUT2D eigenvalue weighted by Gasteiger charge is 2.39. The summed E-state index contributed by atoms with van der Waals surface area (Å²) in [5.41, 5.74) is 1.58. The molecule has 25 heavy (non-hydrogen) atoms. The van der Waals surface area contributed by atoms with E-state index in [9.17, 15) is 4.21 Å². The van der Waals surface area contributed by atoms with Crippen LogP contribution in [0.3, 0.4) is 0 Å². The lowest BCUT2D eigenvalue weighted by Crippen LogP contribution is -2.44. The van der Waals surface area contributed by atoms with Crippen LogP contribution in [0, 0.1) is 0 Å². The molecule has 0 saturated carbocycles. The molecule has 6 heteroatoms. The van der Waals surface area contributed by atoms with Gasteiger partial charge in [-0.15, -0.1) is 0 Å². The molecule has 0 radical (unpaired) electrons. The lowest BCUT2D eigenvalue weighted by molar-refractivity contribution is 0.410. The quantitative estimate of drug-likeness (QED) is 0.508. The van der Waals surface area contributed by atoms with Gasteiger partial charge in [-0.2, -0.15) is 4.40 Å². The third kappa shape index (κ3) is 5.68. The van der Waals surface area contributed by atoms with E-state index >= 15 is 0 Å². The van der Waals surface area contributed by atoms with Crippen LogP contribution < -0.4 is 9.16 Å². The second-order valence-electron chi connectivity index (χ2n) is 8.76. The monoisotopic (exact) mass is 383 g/mol. The zero-order valence-corrected chi connectivity index (χ0v) is 19.1. The highest BCUT2D eigenvalue weighted by Crippen LogP contribution is 2.39. The fourth-order valence-corrected chi connectivity index (χ4v) is 3.40. The molecule has 4 nitrogen and oxygen atoms in total. The molecule has 1 aromatic carbocycles. The molecule has 0 aliphatic carbocycles. The van der Waals surface area contributed by atoms with E-state index in [0.29, 0.717) is 5.71 Å². The summed E-state index contributed by atoms with van der Waals surface area (Å²) in [5.74, 6) is 1.49. The molecule has 0 aliphatic rings. The van der Waals surface area contributed by atoms with Gasteiger partial charge in [-0.1, -0.05) is 20.8 Å². The summed E-state index contributed by atoms with van der Waals surface area (Å²) in [6.07, 6.45) is 0. The first-order valence-corrected chi connectivity index (χ1v) is 12.6. The average molecular weight is 384 g/mol. The van der Waals surface area contributed by atoms with Crippen molar-refractivity contribution in [3.05, 3.63) is 23.8 Å². The molecule has 1 rings (SSSR count). The number of nitrogens with zero attached hydrogens (tertiary/aromatic N) is 1. The van der Waals surface area contributed by atoms with Crippen molar-refractivity contribution in [2.45, 2.75) is 71.3 Å². The maximum atomic E-state index is 12.4. The van der Waals surface area contributed by atoms with Crippen LogP contribution in [0.4, 0.5) is 0 Å². The average Bonchev–Trinajstić information content (AvgIpc) is 2.44. The van der Waals surface area contributed by atoms with E-state index in [1.165, 1.54) is 0 Å². The van der Waals surface area contributed by atoms with Crippen molar-refractivity contribution >= 4 is 25.0 Å². The summed E-state index contributed by atoms with van der Waals surface area (Å²) in [6, 6.07) is 5.71. The molecule has 0 heterocycles. The maximum Gasteiger partial charge on any atom is 0.250 e. The molecule has 0 amide bonds. The van der Waals surface area contributed by atoms with Gasteiger partial charge in [0.05, 0.1) is 17.6 Å². The van der Waals surface area contributed by atoms with E-state index < -0.39 is 24.1 Å². The predicted octanol–water partition coefficient (Wildman–Crippen LogP) is 5.35. The van der Waals surface area contributed by atoms with Crippen molar-refractivity contribution in [3.63, 3.8) is 0 Å². The first kappa shape index (κ1) is 21.9. The summed E-state index contributed by atoms with van der Waals surface area (Å²) in [4.78, 5) is 0. The van der Waals surface area contributed by atoms with E-state index in [2.05, 4.69) is 38.3 Å². The number of hydrogen-bond acceptors (Lipinski definition) is 3. The number of ether oxygens (including phenoxy) is 1. The van der Waals surface area contributed by atoms with Gasteiger partial charge < -0.3 is 9.16 Å². The molecule has 0 saturated heterocycles. The summed E-state index contributed by atoms with van der Waals surface area (Å²) in [6.45, 7) is 18.6. The van der Waals surface area contributed by atoms with Crippen molar-refractivity contribution in [1.82, 2.24) is 0 Å². The van der Waals surface area contributed by atoms with Crippen LogP contribution >= 0.6 is 0 Å². The van der Waals surface area contributed by atoms with Crippen molar-refractivity contribution < 1.29 is 13.4 Å². The van der Waals surface area contributed by atoms with Gasteiger partial charge in [-0.3, -0.25) is 0 Å². The van der Waals surface area contributed by atoms with Gasteiger partial charge >= 0.3 is 0 Å². The van der Waals surface area contributed by atoms with E-state index in [1.54, 1.807) is 7.11 Å². The molecule has 1 atom stereocenters. The number of hydrogen-bond donors (Lipinski definition) is 0. The Morgan fingerprint density at radius 3 is 2.12 bits per heavy atom. The standard InChI is InChI=1S/C19H33NO3SSi/c1-14(20-24(21)18(2,3)4)16-12-11-15(22-8)13-17(16)23-25(9,10)19(5,6)7/h11-13H,1-10H3/t24-/m0/s1. The fraction of sp³-hybridized carbons (Fsp3) is 0.632. The largest absolute Gasteiger partial charge is 0.543 e. The SMILES string of the molecule is COc1ccc(C(C)=N[S@@](=O)C(C)(C)C)c(O[Si](C)(C)C(C)(C)C)c1. The molecule has 0 N–H and O–H groups in total. The van der Waals surface area contributed by atoms with Gasteiger partial charge in [0.15, 0.2) is 0 Å². The van der Waals surface area contributed by atoms with Crippen LogP contribution in [0.1, 0.15) is 54.0 Å². The highest BCUT2D eigenvalue weighted by atomic mass is 32.2. The van der Waals surface area contributed by atoms with Crippen LogP contribution in [0.15, 0.2) is 22.6 Å². The van der Waals surface area contributed by atoms with Gasteiger partial charge in [0.1, 0.15) is 22.5 Å². The predicted molar refractivity (Wildman–Crippen MR) is 111 cm³/mol. The first-order chi connectivity index (χ1) is 11.2. The van der Waals surface area contributed by atoms with Crippen LogP contribution in [0.2, 0.25) is 18.1 Å². The highest BCUT2D eigenvalue weighted by molar-refractivity contribution is 7.85. The zero-order chi connectivity index (χ0) is 19.6. The molecule has 142 valence electrons. The number of methoxy groups -OCH3 is 1. The lowest BCUT2D eigenvalue weighted by atomic mass is 10.1. The van der Waals surface area contributed by atoms with Crippen LogP contribution in [-0.2, 0) is 11.0 Å². The van der Waals surface area contributed by atoms with Gasteiger partial charge in [0.25, 0.3) is 8.32 Å². The Kier molecular flexibility index (Phi) is 6.67. The minimum absolute atomic E-state index is 0.0760. The smallest absolute Gasteiger partial charge is 0.250 e. The second-order valence-corrected chi connectivity index (χ2v) is 15.4. The number of benzene rings is 1. The van der Waals surface area contributed by atoms with Crippen LogP contribution in [0.25, 0.3) is 0 Å². The fourth-order valence-electron chi connectivity index (χ4n) is 1.75. The van der Waals surface area contributed by atoms with Crippen molar-refractivity contribution in [1.29, 1.82) is 0 Å². The molecule has 0 fully saturated rings. The molecule has 1 aromatic rings. The minimum atomic E-state index is -2.02. The van der Waals surface area contributed by atoms with Crippen molar-refractivity contribution in [2.24, 2.45) is 4.40 Å². The Bertz CT molecular complexity index is 670. The third-order valence-corrected chi connectivity index (χ3v) is 10.3. The van der Waals surface area contributed by atoms with E-state index in [4.69, 9.17) is 9.16 Å². The van der Waals surface area contributed by atoms with E-state index in [-0.39, 0.29) is 5.04 Å². The summed E-state index contributed by atoms with van der Waals surface area (Å²) >= 11 is 0. The van der Waals surface area contributed by atoms with Crippen LogP contribution in [-0.4, -0.2) is 30.1 Å². The summed E-state index contributed by atoms with van der Waals surface area (Å²) < 4.78 is 28.3. The van der Waals surface area contributed by atoms with Gasteiger partial charge in [0, 0.05) is 11.6 Å². The Morgan fingerprint density at radius 1 is 1.12 bits per heavy atom. The molecule has 0 aliphatic heterocycles. The number of rotatable bonds is 5. The molecule has 0 aromatic heterocycles. The van der Waals surface area contributed by atoms with Crippen molar-refractivity contribution in [3.8, 4) is 11.5 Å². The van der Waals surface area contributed by atoms with Gasteiger partial charge in [-0.25, -0.2) is 4.21 Å². The molecular formula is C19H33NO3SSi. The summed E-state index contributed by atoms with van der Waals surface area (Å²) in [5, 5.41) is 0.0760. The van der Waals surface area contributed by atoms with E-state index in [0.717, 1.165) is 17.1 Å². The molecule has 0 unspecified atom stereocenters. The Morgan fingerprint density at radius 2 is 1.68 bits per heavy atom.